The molecule has 0 spiro atoms. The third-order valence-electron chi connectivity index (χ3n) is 10.4. The molecule has 0 radical (unpaired) electrons. The largest absolute Gasteiger partial charge is 0.373 e. The molecule has 3 heterocycles. The molecule has 0 fully saturated rings. The number of hydrogen-bond acceptors (Lipinski definition) is 5. The van der Waals surface area contributed by atoms with Gasteiger partial charge in [-0.25, -0.2) is 15.0 Å². The van der Waals surface area contributed by atoms with Gasteiger partial charge in [0.25, 0.3) is 0 Å². The number of allylic oxidation sites excluding steroid dienone is 2. The van der Waals surface area contributed by atoms with Crippen molar-refractivity contribution in [2.45, 2.75) is 25.3 Å². The molecule has 10 rings (SSSR count). The Hall–Kier alpha value is -5.91. The van der Waals surface area contributed by atoms with Crippen LogP contribution < -0.4 is 15.1 Å². The maximum Gasteiger partial charge on any atom is 0.164 e. The molecule has 4 nitrogen and oxygen atoms in total. The zero-order valence-corrected chi connectivity index (χ0v) is 28.5. The number of rotatable bonds is 4. The zero-order valence-electron chi connectivity index (χ0n) is 27.7. The number of benzene rings is 5. The normalized spacial score (nSPS) is 16.5. The van der Waals surface area contributed by atoms with E-state index in [9.17, 15) is 0 Å². The Morgan fingerprint density at radius 3 is 2.02 bits per heavy atom. The van der Waals surface area contributed by atoms with Crippen LogP contribution in [0.25, 0.3) is 66.6 Å². The van der Waals surface area contributed by atoms with Gasteiger partial charge in [0.1, 0.15) is 0 Å². The van der Waals surface area contributed by atoms with Gasteiger partial charge >= 0.3 is 0 Å². The Kier molecular flexibility index (Phi) is 6.42. The minimum Gasteiger partial charge on any atom is -0.373 e. The number of nitrogens with one attached hydrogen (secondary N) is 1. The fourth-order valence-electron chi connectivity index (χ4n) is 7.84. The lowest BCUT2D eigenvalue weighted by Crippen LogP contribution is -2.43. The van der Waals surface area contributed by atoms with E-state index in [1.807, 2.05) is 29.5 Å². The summed E-state index contributed by atoms with van der Waals surface area (Å²) in [6, 6.07) is 43.1. The molecule has 1 N–H and O–H groups in total. The highest BCUT2D eigenvalue weighted by Gasteiger charge is 2.35. The summed E-state index contributed by atoms with van der Waals surface area (Å²) in [6.07, 6.45) is 8.76. The lowest BCUT2D eigenvalue weighted by atomic mass is 9.82. The molecule has 2 aromatic heterocycles. The Morgan fingerprint density at radius 1 is 0.600 bits per heavy atom. The molecule has 0 saturated carbocycles. The summed E-state index contributed by atoms with van der Waals surface area (Å²) in [7, 11) is 0. The van der Waals surface area contributed by atoms with E-state index in [1.165, 1.54) is 58.9 Å². The first-order chi connectivity index (χ1) is 24.5. The van der Waals surface area contributed by atoms with Crippen LogP contribution in [-0.2, 0) is 5.41 Å². The lowest BCUT2D eigenvalue weighted by Gasteiger charge is -2.25. The topological polar surface area (TPSA) is 50.7 Å². The van der Waals surface area contributed by atoms with Crippen molar-refractivity contribution in [2.24, 2.45) is 0 Å². The van der Waals surface area contributed by atoms with Gasteiger partial charge in [-0.05, 0) is 57.7 Å². The van der Waals surface area contributed by atoms with Gasteiger partial charge < -0.3 is 5.32 Å². The molecule has 238 valence electrons. The van der Waals surface area contributed by atoms with Crippen molar-refractivity contribution in [1.82, 2.24) is 20.3 Å². The summed E-state index contributed by atoms with van der Waals surface area (Å²) in [5, 5.41) is 6.34. The summed E-state index contributed by atoms with van der Waals surface area (Å²) >= 11 is 1.84. The van der Waals surface area contributed by atoms with Crippen LogP contribution in [0, 0.1) is 0 Å². The van der Waals surface area contributed by atoms with Crippen LogP contribution in [0.3, 0.4) is 0 Å². The Bertz CT molecular complexity index is 2700. The molecule has 3 aliphatic rings. The van der Waals surface area contributed by atoms with Gasteiger partial charge in [0.05, 0.1) is 16.3 Å². The maximum absolute atomic E-state index is 5.20. The van der Waals surface area contributed by atoms with E-state index in [0.29, 0.717) is 17.5 Å². The van der Waals surface area contributed by atoms with Crippen molar-refractivity contribution in [1.29, 1.82) is 0 Å². The SMILES string of the molecule is CC1(C)c2ccccc2-c2ccc(-c3nc(-c4ccccc4)nc(-c4ccc5sc6c(c5c4)=C4C=CC=CC4NC=6c4ccccc4)n3)cc21. The van der Waals surface area contributed by atoms with E-state index in [2.05, 4.69) is 147 Å². The van der Waals surface area contributed by atoms with Crippen LogP contribution in [0.5, 0.6) is 0 Å². The van der Waals surface area contributed by atoms with Crippen molar-refractivity contribution in [2.75, 3.05) is 0 Å². The maximum atomic E-state index is 5.20. The first kappa shape index (κ1) is 29.0. The first-order valence-corrected chi connectivity index (χ1v) is 17.9. The summed E-state index contributed by atoms with van der Waals surface area (Å²) < 4.78 is 2.50. The summed E-state index contributed by atoms with van der Waals surface area (Å²) in [6.45, 7) is 4.62. The molecule has 0 amide bonds. The van der Waals surface area contributed by atoms with Crippen LogP contribution in [-0.4, -0.2) is 21.0 Å². The fourth-order valence-corrected chi connectivity index (χ4v) is 9.08. The molecule has 7 aromatic rings. The molecule has 50 heavy (non-hydrogen) atoms. The molecule has 1 aliphatic heterocycles. The van der Waals surface area contributed by atoms with Crippen molar-refractivity contribution in [3.05, 3.63) is 172 Å². The minimum atomic E-state index is -0.119. The number of hydrogen-bond donors (Lipinski definition) is 1. The second kappa shape index (κ2) is 11.1. The van der Waals surface area contributed by atoms with Gasteiger partial charge in [0.15, 0.2) is 17.5 Å². The van der Waals surface area contributed by atoms with E-state index < -0.39 is 0 Å². The first-order valence-electron chi connectivity index (χ1n) is 17.1. The number of fused-ring (bicyclic) bond motifs is 7. The number of thiophene rings is 1. The molecular formula is C45H32N4S. The van der Waals surface area contributed by atoms with Crippen LogP contribution in [0.1, 0.15) is 30.5 Å². The van der Waals surface area contributed by atoms with Crippen LogP contribution in [0.4, 0.5) is 0 Å². The van der Waals surface area contributed by atoms with Crippen LogP contribution in [0.15, 0.2) is 146 Å². The highest BCUT2D eigenvalue weighted by molar-refractivity contribution is 7.17. The third kappa shape index (κ3) is 4.47. The standard InChI is InChI=1S/C45H32N4S/c1-45(2)35-19-11-9-17-31(35)32-23-21-30(26-36(32)45)44-48-42(28-15-7-4-8-16-28)47-43(49-44)29-22-24-38-34(25-29)39-33-18-10-12-20-37(33)46-40(41(39)50-38)27-13-5-3-6-14-27/h3-26,37,46H,1-2H3. The third-order valence-corrected chi connectivity index (χ3v) is 11.5. The van der Waals surface area contributed by atoms with E-state index in [4.69, 9.17) is 15.0 Å². The Morgan fingerprint density at radius 2 is 1.24 bits per heavy atom. The fraction of sp³-hybridized carbons (Fsp3) is 0.0889. The Labute approximate surface area is 294 Å². The molecule has 1 unspecified atom stereocenters. The van der Waals surface area contributed by atoms with Gasteiger partial charge in [0, 0.05) is 37.4 Å². The van der Waals surface area contributed by atoms with Gasteiger partial charge in [-0.15, -0.1) is 11.3 Å². The second-order valence-electron chi connectivity index (χ2n) is 13.7. The molecule has 1 atom stereocenters. The van der Waals surface area contributed by atoms with Gasteiger partial charge in [-0.2, -0.15) is 0 Å². The molecule has 5 aromatic carbocycles. The predicted molar refractivity (Wildman–Crippen MR) is 206 cm³/mol. The minimum absolute atomic E-state index is 0.104. The highest BCUT2D eigenvalue weighted by atomic mass is 32.1. The van der Waals surface area contributed by atoms with Gasteiger partial charge in [0.2, 0.25) is 0 Å². The summed E-state index contributed by atoms with van der Waals surface area (Å²) in [4.78, 5) is 15.4. The lowest BCUT2D eigenvalue weighted by molar-refractivity contribution is 0.660. The van der Waals surface area contributed by atoms with E-state index >= 15 is 0 Å². The van der Waals surface area contributed by atoms with E-state index in [1.54, 1.807) is 0 Å². The molecule has 2 aliphatic carbocycles. The smallest absolute Gasteiger partial charge is 0.164 e. The number of nitrogens with zero attached hydrogens (tertiary/aromatic N) is 3. The molecule has 5 heteroatoms. The molecule has 0 saturated heterocycles. The predicted octanol–water partition coefficient (Wildman–Crippen LogP) is 8.80. The molecule has 0 bridgehead atoms. The van der Waals surface area contributed by atoms with Crippen molar-refractivity contribution >= 4 is 32.7 Å². The summed E-state index contributed by atoms with van der Waals surface area (Å²) in [5.74, 6) is 2.01. The molecular weight excluding hydrogens is 629 g/mol. The van der Waals surface area contributed by atoms with Crippen molar-refractivity contribution in [3.8, 4) is 45.3 Å². The Balaban J connectivity index is 1.18. The number of aromatic nitrogens is 3. The average Bonchev–Trinajstić information content (AvgIpc) is 3.67. The van der Waals surface area contributed by atoms with E-state index in [-0.39, 0.29) is 11.5 Å². The zero-order chi connectivity index (χ0) is 33.4. The van der Waals surface area contributed by atoms with Gasteiger partial charge in [-0.1, -0.05) is 135 Å². The summed E-state index contributed by atoms with van der Waals surface area (Å²) in [5.41, 5.74) is 11.7. The second-order valence-corrected chi connectivity index (χ2v) is 14.7. The average molecular weight is 661 g/mol. The van der Waals surface area contributed by atoms with Crippen molar-refractivity contribution in [3.63, 3.8) is 0 Å². The van der Waals surface area contributed by atoms with Gasteiger partial charge in [-0.3, -0.25) is 0 Å². The van der Waals surface area contributed by atoms with E-state index in [0.717, 1.165) is 16.7 Å². The quantitative estimate of drug-likeness (QED) is 0.205. The highest BCUT2D eigenvalue weighted by Crippen LogP contribution is 2.49. The monoisotopic (exact) mass is 660 g/mol. The van der Waals surface area contributed by atoms with Crippen molar-refractivity contribution < 1.29 is 0 Å². The van der Waals surface area contributed by atoms with Crippen LogP contribution >= 0.6 is 11.3 Å². The van der Waals surface area contributed by atoms with Crippen LogP contribution in [0.2, 0.25) is 0 Å².